The van der Waals surface area contributed by atoms with Crippen molar-refractivity contribution in [2.24, 2.45) is 11.7 Å². The van der Waals surface area contributed by atoms with E-state index in [1.807, 2.05) is 13.8 Å². The lowest BCUT2D eigenvalue weighted by atomic mass is 9.95. The number of piperidine rings is 1. The largest absolute Gasteiger partial charge is 0.330 e. The average Bonchev–Trinajstić information content (AvgIpc) is 2.29. The molecule has 1 rings (SSSR count). The van der Waals surface area contributed by atoms with Gasteiger partial charge in [-0.05, 0) is 45.6 Å². The van der Waals surface area contributed by atoms with Gasteiger partial charge in [-0.25, -0.2) is 0 Å². The lowest BCUT2D eigenvalue weighted by Crippen LogP contribution is -2.47. The van der Waals surface area contributed by atoms with Gasteiger partial charge in [-0.2, -0.15) is 17.0 Å². The SMILES string of the molecule is CC(C)N(C)S(=O)(=O)N1CCC(CCN)CC1. The third-order valence-corrected chi connectivity index (χ3v) is 5.73. The molecule has 0 aromatic rings. The fraction of sp³-hybridized carbons (Fsp3) is 1.00. The second-order valence-electron chi connectivity index (χ2n) is 5.04. The van der Waals surface area contributed by atoms with Crippen molar-refractivity contribution in [2.45, 2.75) is 39.2 Å². The van der Waals surface area contributed by atoms with E-state index in [0.29, 0.717) is 25.6 Å². The average molecular weight is 263 g/mol. The molecule has 6 heteroatoms. The Morgan fingerprint density at radius 2 is 1.88 bits per heavy atom. The maximum Gasteiger partial charge on any atom is 0.281 e. The summed E-state index contributed by atoms with van der Waals surface area (Å²) in [7, 11) is -1.62. The minimum atomic E-state index is -3.26. The molecule has 17 heavy (non-hydrogen) atoms. The molecule has 2 N–H and O–H groups in total. The molecule has 0 aliphatic carbocycles. The normalized spacial score (nSPS) is 20.4. The maximum absolute atomic E-state index is 12.2. The highest BCUT2D eigenvalue weighted by Crippen LogP contribution is 2.23. The summed E-state index contributed by atoms with van der Waals surface area (Å²) in [5.41, 5.74) is 5.53. The summed E-state index contributed by atoms with van der Waals surface area (Å²) in [5, 5.41) is 0. The molecule has 0 aromatic carbocycles. The van der Waals surface area contributed by atoms with E-state index in [9.17, 15) is 8.42 Å². The van der Waals surface area contributed by atoms with Crippen molar-refractivity contribution >= 4 is 10.2 Å². The fourth-order valence-electron chi connectivity index (χ4n) is 2.11. The maximum atomic E-state index is 12.2. The van der Waals surface area contributed by atoms with Crippen LogP contribution in [0.1, 0.15) is 33.1 Å². The van der Waals surface area contributed by atoms with Gasteiger partial charge in [0, 0.05) is 26.2 Å². The predicted molar refractivity (Wildman–Crippen MR) is 69.8 cm³/mol. The molecular weight excluding hydrogens is 238 g/mol. The molecule has 0 bridgehead atoms. The van der Waals surface area contributed by atoms with Crippen molar-refractivity contribution in [2.75, 3.05) is 26.7 Å². The van der Waals surface area contributed by atoms with Crippen molar-refractivity contribution in [1.82, 2.24) is 8.61 Å². The van der Waals surface area contributed by atoms with Crippen LogP contribution in [0, 0.1) is 5.92 Å². The first kappa shape index (κ1) is 14.9. The predicted octanol–water partition coefficient (Wildman–Crippen LogP) is 0.632. The quantitative estimate of drug-likeness (QED) is 0.791. The van der Waals surface area contributed by atoms with E-state index in [4.69, 9.17) is 5.73 Å². The summed E-state index contributed by atoms with van der Waals surface area (Å²) in [5.74, 6) is 0.593. The standard InChI is InChI=1S/C11H25N3O2S/c1-10(2)13(3)17(15,16)14-8-5-11(4-7-12)6-9-14/h10-11H,4-9,12H2,1-3H3. The van der Waals surface area contributed by atoms with Gasteiger partial charge in [0.15, 0.2) is 0 Å². The molecule has 0 amide bonds. The monoisotopic (exact) mass is 263 g/mol. The van der Waals surface area contributed by atoms with Crippen LogP contribution in [-0.4, -0.2) is 49.8 Å². The molecule has 1 aliphatic heterocycles. The Morgan fingerprint density at radius 3 is 2.29 bits per heavy atom. The molecule has 0 aromatic heterocycles. The number of rotatable bonds is 5. The van der Waals surface area contributed by atoms with E-state index in [1.54, 1.807) is 11.4 Å². The minimum Gasteiger partial charge on any atom is -0.330 e. The first-order valence-electron chi connectivity index (χ1n) is 6.32. The van der Waals surface area contributed by atoms with Crippen LogP contribution < -0.4 is 5.73 Å². The molecule has 0 unspecified atom stereocenters. The summed E-state index contributed by atoms with van der Waals surface area (Å²) < 4.78 is 27.5. The van der Waals surface area contributed by atoms with Gasteiger partial charge in [-0.15, -0.1) is 0 Å². The van der Waals surface area contributed by atoms with Gasteiger partial charge in [-0.3, -0.25) is 0 Å². The zero-order valence-electron chi connectivity index (χ0n) is 11.1. The van der Waals surface area contributed by atoms with Crippen molar-refractivity contribution in [3.05, 3.63) is 0 Å². The Balaban J connectivity index is 2.59. The van der Waals surface area contributed by atoms with Crippen LogP contribution in [0.3, 0.4) is 0 Å². The third-order valence-electron chi connectivity index (χ3n) is 3.57. The van der Waals surface area contributed by atoms with Gasteiger partial charge in [0.05, 0.1) is 0 Å². The number of hydrogen-bond donors (Lipinski definition) is 1. The summed E-state index contributed by atoms with van der Waals surface area (Å²) in [6.07, 6.45) is 2.87. The van der Waals surface area contributed by atoms with E-state index in [-0.39, 0.29) is 6.04 Å². The second kappa shape index (κ2) is 6.13. The van der Waals surface area contributed by atoms with Gasteiger partial charge in [0.25, 0.3) is 10.2 Å². The molecule has 0 radical (unpaired) electrons. The summed E-state index contributed by atoms with van der Waals surface area (Å²) in [6.45, 7) is 5.73. The zero-order chi connectivity index (χ0) is 13.1. The molecule has 5 nitrogen and oxygen atoms in total. The van der Waals surface area contributed by atoms with E-state index in [2.05, 4.69) is 0 Å². The molecule has 102 valence electrons. The number of nitrogens with zero attached hydrogens (tertiary/aromatic N) is 2. The van der Waals surface area contributed by atoms with Gasteiger partial charge >= 0.3 is 0 Å². The van der Waals surface area contributed by atoms with Crippen molar-refractivity contribution < 1.29 is 8.42 Å². The molecule has 1 saturated heterocycles. The van der Waals surface area contributed by atoms with Gasteiger partial charge in [0.2, 0.25) is 0 Å². The highest BCUT2D eigenvalue weighted by molar-refractivity contribution is 7.86. The Hall–Kier alpha value is -0.170. The summed E-state index contributed by atoms with van der Waals surface area (Å²) >= 11 is 0. The van der Waals surface area contributed by atoms with Crippen LogP contribution in [0.15, 0.2) is 0 Å². The summed E-state index contributed by atoms with van der Waals surface area (Å²) in [6, 6.07) is 0.00163. The van der Waals surface area contributed by atoms with Crippen molar-refractivity contribution in [3.8, 4) is 0 Å². The molecule has 1 aliphatic rings. The molecule has 1 heterocycles. The zero-order valence-corrected chi connectivity index (χ0v) is 11.9. The molecule has 1 fully saturated rings. The van der Waals surface area contributed by atoms with Gasteiger partial charge < -0.3 is 5.73 Å². The molecular formula is C11H25N3O2S. The Morgan fingerprint density at radius 1 is 1.35 bits per heavy atom. The Labute approximate surface area is 105 Å². The van der Waals surface area contributed by atoms with Crippen molar-refractivity contribution in [1.29, 1.82) is 0 Å². The van der Waals surface area contributed by atoms with Gasteiger partial charge in [0.1, 0.15) is 0 Å². The van der Waals surface area contributed by atoms with Crippen LogP contribution in [0.5, 0.6) is 0 Å². The van der Waals surface area contributed by atoms with Crippen LogP contribution in [0.4, 0.5) is 0 Å². The van der Waals surface area contributed by atoms with Gasteiger partial charge in [-0.1, -0.05) is 0 Å². The van der Waals surface area contributed by atoms with Crippen LogP contribution >= 0.6 is 0 Å². The van der Waals surface area contributed by atoms with Crippen LogP contribution in [-0.2, 0) is 10.2 Å². The second-order valence-corrected chi connectivity index (χ2v) is 7.03. The highest BCUT2D eigenvalue weighted by atomic mass is 32.2. The van der Waals surface area contributed by atoms with Crippen LogP contribution in [0.25, 0.3) is 0 Å². The molecule has 0 atom stereocenters. The van der Waals surface area contributed by atoms with E-state index in [0.717, 1.165) is 19.3 Å². The van der Waals surface area contributed by atoms with E-state index >= 15 is 0 Å². The molecule has 0 spiro atoms. The van der Waals surface area contributed by atoms with Crippen molar-refractivity contribution in [3.63, 3.8) is 0 Å². The third kappa shape index (κ3) is 3.64. The topological polar surface area (TPSA) is 66.6 Å². The first-order valence-corrected chi connectivity index (χ1v) is 7.72. The smallest absolute Gasteiger partial charge is 0.281 e. The lowest BCUT2D eigenvalue weighted by molar-refractivity contribution is 0.247. The summed E-state index contributed by atoms with van der Waals surface area (Å²) in [4.78, 5) is 0. The minimum absolute atomic E-state index is 0.00163. The first-order chi connectivity index (χ1) is 7.89. The Kier molecular flexibility index (Phi) is 5.37. The molecule has 0 saturated carbocycles. The Bertz CT molecular complexity index is 322. The lowest BCUT2D eigenvalue weighted by Gasteiger charge is -2.34. The van der Waals surface area contributed by atoms with E-state index in [1.165, 1.54) is 4.31 Å². The van der Waals surface area contributed by atoms with Crippen LogP contribution in [0.2, 0.25) is 0 Å². The highest BCUT2D eigenvalue weighted by Gasteiger charge is 2.31. The fourth-order valence-corrected chi connectivity index (χ4v) is 3.68. The number of nitrogens with two attached hydrogens (primary N) is 1. The number of hydrogen-bond acceptors (Lipinski definition) is 3. The van der Waals surface area contributed by atoms with E-state index < -0.39 is 10.2 Å².